The van der Waals surface area contributed by atoms with Gasteiger partial charge in [-0.25, -0.2) is 8.78 Å². The lowest BCUT2D eigenvalue weighted by Crippen LogP contribution is -2.22. The predicted molar refractivity (Wildman–Crippen MR) is 85.0 cm³/mol. The Morgan fingerprint density at radius 3 is 2.78 bits per heavy atom. The quantitative estimate of drug-likeness (QED) is 0.822. The monoisotopic (exact) mass is 358 g/mol. The highest BCUT2D eigenvalue weighted by molar-refractivity contribution is 6.35. The van der Waals surface area contributed by atoms with Crippen LogP contribution in [0.1, 0.15) is 18.1 Å². The minimum absolute atomic E-state index is 0.0751. The minimum Gasteiger partial charge on any atom is -0.484 e. The Hall–Kier alpha value is -1.43. The van der Waals surface area contributed by atoms with Gasteiger partial charge >= 0.3 is 0 Å². The maximum Gasteiger partial charge on any atom is 0.164 e. The number of nitrogens with zero attached hydrogens (tertiary/aromatic N) is 1. The van der Waals surface area contributed by atoms with E-state index in [4.69, 9.17) is 27.9 Å². The van der Waals surface area contributed by atoms with Crippen molar-refractivity contribution in [2.24, 2.45) is 5.92 Å². The molecule has 1 aliphatic heterocycles. The maximum atomic E-state index is 13.9. The molecule has 2 atom stereocenters. The first kappa shape index (κ1) is 16.4. The van der Waals surface area contributed by atoms with Gasteiger partial charge in [-0.3, -0.25) is 4.98 Å². The van der Waals surface area contributed by atoms with E-state index in [1.165, 1.54) is 18.2 Å². The number of ether oxygens (including phenoxy) is 1. The van der Waals surface area contributed by atoms with Crippen molar-refractivity contribution in [3.63, 3.8) is 0 Å². The summed E-state index contributed by atoms with van der Waals surface area (Å²) < 4.78 is 33.3. The van der Waals surface area contributed by atoms with Crippen LogP contribution in [0.5, 0.6) is 5.75 Å². The SMILES string of the molecule is Fc1cncc([C@H](Oc2ccc(Cl)c(F)c2Cl)[C@H]2CCNC2)c1. The smallest absolute Gasteiger partial charge is 0.164 e. The van der Waals surface area contributed by atoms with Crippen molar-refractivity contribution < 1.29 is 13.5 Å². The Morgan fingerprint density at radius 1 is 1.26 bits per heavy atom. The average Bonchev–Trinajstić information content (AvgIpc) is 3.06. The fourth-order valence-electron chi connectivity index (χ4n) is 2.69. The summed E-state index contributed by atoms with van der Waals surface area (Å²) in [6, 6.07) is 4.26. The van der Waals surface area contributed by atoms with Gasteiger partial charge in [0.2, 0.25) is 0 Å². The zero-order valence-electron chi connectivity index (χ0n) is 12.0. The van der Waals surface area contributed by atoms with Gasteiger partial charge in [-0.1, -0.05) is 23.2 Å². The first-order valence-corrected chi connectivity index (χ1v) is 7.93. The molecule has 0 aliphatic carbocycles. The van der Waals surface area contributed by atoms with Crippen LogP contribution < -0.4 is 10.1 Å². The third kappa shape index (κ3) is 3.57. The van der Waals surface area contributed by atoms with Gasteiger partial charge < -0.3 is 10.1 Å². The molecular weight excluding hydrogens is 345 g/mol. The largest absolute Gasteiger partial charge is 0.484 e. The van der Waals surface area contributed by atoms with E-state index in [0.717, 1.165) is 25.7 Å². The van der Waals surface area contributed by atoms with Gasteiger partial charge in [0, 0.05) is 24.2 Å². The molecule has 7 heteroatoms. The summed E-state index contributed by atoms with van der Waals surface area (Å²) in [5, 5.41) is 2.98. The predicted octanol–water partition coefficient (Wildman–Crippen LogP) is 4.40. The molecule has 1 fully saturated rings. The number of hydrogen-bond donors (Lipinski definition) is 1. The molecule has 0 saturated carbocycles. The maximum absolute atomic E-state index is 13.9. The zero-order valence-corrected chi connectivity index (χ0v) is 13.5. The Bertz CT molecular complexity index is 708. The molecule has 0 bridgehead atoms. The molecule has 3 rings (SSSR count). The Labute approximate surface area is 142 Å². The summed E-state index contributed by atoms with van der Waals surface area (Å²) in [5.41, 5.74) is 0.588. The number of hydrogen-bond acceptors (Lipinski definition) is 3. The summed E-state index contributed by atoms with van der Waals surface area (Å²) in [7, 11) is 0. The molecule has 0 radical (unpaired) electrons. The van der Waals surface area contributed by atoms with Crippen LogP contribution in [-0.2, 0) is 0 Å². The molecule has 1 aliphatic rings. The van der Waals surface area contributed by atoms with Gasteiger partial charge in [0.25, 0.3) is 0 Å². The van der Waals surface area contributed by atoms with Crippen LogP contribution in [0.3, 0.4) is 0 Å². The molecular formula is C16H14Cl2F2N2O. The molecule has 3 nitrogen and oxygen atoms in total. The molecule has 0 unspecified atom stereocenters. The van der Waals surface area contributed by atoms with Gasteiger partial charge in [-0.15, -0.1) is 0 Å². The highest BCUT2D eigenvalue weighted by Gasteiger charge is 2.29. The van der Waals surface area contributed by atoms with E-state index in [-0.39, 0.29) is 21.7 Å². The Kier molecular flexibility index (Phi) is 4.99. The highest BCUT2D eigenvalue weighted by atomic mass is 35.5. The van der Waals surface area contributed by atoms with Crippen molar-refractivity contribution in [3.05, 3.63) is 57.8 Å². The van der Waals surface area contributed by atoms with Gasteiger partial charge in [-0.05, 0) is 31.2 Å². The summed E-state index contributed by atoms with van der Waals surface area (Å²) >= 11 is 11.7. The third-order valence-corrected chi connectivity index (χ3v) is 4.48. The third-order valence-electron chi connectivity index (χ3n) is 3.83. The molecule has 1 aromatic carbocycles. The molecule has 1 N–H and O–H groups in total. The van der Waals surface area contributed by atoms with E-state index in [2.05, 4.69) is 10.3 Å². The molecule has 2 aromatic rings. The standard InChI is InChI=1S/C16H14Cl2F2N2O/c17-12-1-2-13(14(18)15(12)20)23-16(9-3-4-21-6-9)10-5-11(19)8-22-7-10/h1-2,5,7-9,16,21H,3-4,6H2/t9-,16+/m0/s1. The zero-order chi connectivity index (χ0) is 16.4. The highest BCUT2D eigenvalue weighted by Crippen LogP contribution is 2.37. The topological polar surface area (TPSA) is 34.1 Å². The molecule has 0 amide bonds. The number of nitrogens with one attached hydrogen (secondary N) is 1. The molecule has 1 saturated heterocycles. The first-order chi connectivity index (χ1) is 11.1. The van der Waals surface area contributed by atoms with Gasteiger partial charge in [0.1, 0.15) is 22.7 Å². The normalized spacial score (nSPS) is 18.9. The average molecular weight is 359 g/mol. The van der Waals surface area contributed by atoms with E-state index in [9.17, 15) is 8.78 Å². The van der Waals surface area contributed by atoms with E-state index in [1.807, 2.05) is 0 Å². The van der Waals surface area contributed by atoms with Crippen LogP contribution in [0, 0.1) is 17.6 Å². The molecule has 122 valence electrons. The first-order valence-electron chi connectivity index (χ1n) is 7.17. The number of pyridine rings is 1. The lowest BCUT2D eigenvalue weighted by molar-refractivity contribution is 0.143. The van der Waals surface area contributed by atoms with Crippen LogP contribution in [0.2, 0.25) is 10.0 Å². The van der Waals surface area contributed by atoms with Crippen LogP contribution in [-0.4, -0.2) is 18.1 Å². The lowest BCUT2D eigenvalue weighted by Gasteiger charge is -2.25. The minimum atomic E-state index is -0.730. The number of aromatic nitrogens is 1. The van der Waals surface area contributed by atoms with Crippen molar-refractivity contribution in [1.82, 2.24) is 10.3 Å². The van der Waals surface area contributed by atoms with Gasteiger partial charge in [-0.2, -0.15) is 0 Å². The van der Waals surface area contributed by atoms with Crippen molar-refractivity contribution >= 4 is 23.2 Å². The summed E-state index contributed by atoms with van der Waals surface area (Å²) in [4.78, 5) is 3.87. The van der Waals surface area contributed by atoms with Crippen LogP contribution in [0.25, 0.3) is 0 Å². The van der Waals surface area contributed by atoms with Crippen molar-refractivity contribution in [3.8, 4) is 5.75 Å². The van der Waals surface area contributed by atoms with E-state index in [1.54, 1.807) is 6.20 Å². The second kappa shape index (κ2) is 6.99. The van der Waals surface area contributed by atoms with Crippen LogP contribution >= 0.6 is 23.2 Å². The summed E-state index contributed by atoms with van der Waals surface area (Å²) in [6.07, 6.45) is 3.05. The molecule has 2 heterocycles. The molecule has 23 heavy (non-hydrogen) atoms. The van der Waals surface area contributed by atoms with Crippen molar-refractivity contribution in [2.75, 3.05) is 13.1 Å². The molecule has 1 aromatic heterocycles. The number of rotatable bonds is 4. The lowest BCUT2D eigenvalue weighted by atomic mass is 9.96. The van der Waals surface area contributed by atoms with E-state index in [0.29, 0.717) is 5.56 Å². The van der Waals surface area contributed by atoms with E-state index >= 15 is 0 Å². The van der Waals surface area contributed by atoms with E-state index < -0.39 is 17.7 Å². The fourth-order valence-corrected chi connectivity index (χ4v) is 3.11. The van der Waals surface area contributed by atoms with Crippen LogP contribution in [0.15, 0.2) is 30.6 Å². The second-order valence-electron chi connectivity index (χ2n) is 5.40. The summed E-state index contributed by atoms with van der Waals surface area (Å²) in [6.45, 7) is 1.56. The Balaban J connectivity index is 1.94. The fraction of sp³-hybridized carbons (Fsp3) is 0.312. The Morgan fingerprint density at radius 2 is 2.09 bits per heavy atom. The summed E-state index contributed by atoms with van der Waals surface area (Å²) in [5.74, 6) is -0.898. The van der Waals surface area contributed by atoms with Crippen molar-refractivity contribution in [1.29, 1.82) is 0 Å². The van der Waals surface area contributed by atoms with Gasteiger partial charge in [0.05, 0.1) is 11.2 Å². The van der Waals surface area contributed by atoms with Gasteiger partial charge in [0.15, 0.2) is 5.82 Å². The van der Waals surface area contributed by atoms with Crippen LogP contribution in [0.4, 0.5) is 8.78 Å². The molecule has 0 spiro atoms. The van der Waals surface area contributed by atoms with Crippen molar-refractivity contribution in [2.45, 2.75) is 12.5 Å². The second-order valence-corrected chi connectivity index (χ2v) is 6.19. The number of halogens is 4. The number of benzene rings is 1.